The third-order valence-electron chi connectivity index (χ3n) is 3.22. The summed E-state index contributed by atoms with van der Waals surface area (Å²) in [6, 6.07) is 0. The third-order valence-corrected chi connectivity index (χ3v) is 4.05. The molecule has 0 aromatic rings. The molecule has 0 saturated heterocycles. The fourth-order valence-corrected chi connectivity index (χ4v) is 2.01. The molecule has 0 heterocycles. The minimum absolute atomic E-state index is 0.0706. The van der Waals surface area contributed by atoms with Crippen LogP contribution < -0.4 is 11.1 Å². The van der Waals surface area contributed by atoms with Gasteiger partial charge in [0.05, 0.1) is 11.9 Å². The molecule has 0 radical (unpaired) electrons. The lowest BCUT2D eigenvalue weighted by Crippen LogP contribution is -2.30. The van der Waals surface area contributed by atoms with E-state index in [0.29, 0.717) is 12.2 Å². The van der Waals surface area contributed by atoms with Gasteiger partial charge in [0.15, 0.2) is 0 Å². The van der Waals surface area contributed by atoms with E-state index >= 15 is 0 Å². The van der Waals surface area contributed by atoms with E-state index in [9.17, 15) is 13.2 Å². The van der Waals surface area contributed by atoms with Gasteiger partial charge >= 0.3 is 6.18 Å². The van der Waals surface area contributed by atoms with E-state index in [1.54, 1.807) is 6.92 Å². The number of alkyl halides is 3. The Hall–Kier alpha value is -0.850. The molecule has 1 fully saturated rings. The van der Waals surface area contributed by atoms with Gasteiger partial charge in [-0.15, -0.1) is 11.8 Å². The van der Waals surface area contributed by atoms with Crippen molar-refractivity contribution in [3.63, 3.8) is 0 Å². The van der Waals surface area contributed by atoms with E-state index in [-0.39, 0.29) is 18.2 Å². The Bertz CT molecular complexity index is 369. The molecule has 0 amide bonds. The number of nitrogens with one attached hydrogen (secondary N) is 1. The largest absolute Gasteiger partial charge is 0.401 e. The number of allylic oxidation sites excluding steroid dienone is 2. The molecule has 3 nitrogen and oxygen atoms in total. The number of aliphatic imine (C=N–C) groups is 1. The van der Waals surface area contributed by atoms with E-state index in [4.69, 9.17) is 5.73 Å². The first-order valence-electron chi connectivity index (χ1n) is 6.02. The Morgan fingerprint density at radius 2 is 2.05 bits per heavy atom. The van der Waals surface area contributed by atoms with Crippen molar-refractivity contribution in [1.82, 2.24) is 5.32 Å². The molecule has 3 N–H and O–H groups in total. The summed E-state index contributed by atoms with van der Waals surface area (Å²) in [5.41, 5.74) is 5.45. The fraction of sp³-hybridized carbons (Fsp3) is 0.750. The van der Waals surface area contributed by atoms with E-state index in [2.05, 4.69) is 10.3 Å². The van der Waals surface area contributed by atoms with Crippen molar-refractivity contribution < 1.29 is 13.2 Å². The van der Waals surface area contributed by atoms with Crippen LogP contribution in [0.1, 0.15) is 26.7 Å². The molecule has 7 heteroatoms. The predicted molar refractivity (Wildman–Crippen MR) is 74.1 cm³/mol. The topological polar surface area (TPSA) is 50.4 Å². The van der Waals surface area contributed by atoms with Crippen molar-refractivity contribution in [2.75, 3.05) is 12.8 Å². The summed E-state index contributed by atoms with van der Waals surface area (Å²) < 4.78 is 38.0. The molecule has 0 aromatic carbocycles. The number of hydrogen-bond acceptors (Lipinski definition) is 4. The summed E-state index contributed by atoms with van der Waals surface area (Å²) in [6.45, 7) is 3.90. The monoisotopic (exact) mass is 295 g/mol. The molecular weight excluding hydrogens is 275 g/mol. The maximum absolute atomic E-state index is 12.7. The van der Waals surface area contributed by atoms with Crippen LogP contribution in [0.5, 0.6) is 0 Å². The van der Waals surface area contributed by atoms with Crippen LogP contribution >= 0.6 is 11.8 Å². The van der Waals surface area contributed by atoms with Crippen LogP contribution in [0.25, 0.3) is 0 Å². The number of rotatable bonds is 6. The summed E-state index contributed by atoms with van der Waals surface area (Å²) in [6.07, 6.45) is -0.923. The molecule has 0 aromatic heterocycles. The first-order chi connectivity index (χ1) is 8.72. The molecule has 1 aliphatic rings. The molecule has 110 valence electrons. The lowest BCUT2D eigenvalue weighted by atomic mass is 10.1. The molecule has 0 spiro atoms. The number of halogens is 3. The quantitative estimate of drug-likeness (QED) is 0.585. The van der Waals surface area contributed by atoms with Crippen LogP contribution in [0.3, 0.4) is 0 Å². The second-order valence-electron chi connectivity index (χ2n) is 4.82. The molecule has 0 bridgehead atoms. The van der Waals surface area contributed by atoms with Gasteiger partial charge in [0.1, 0.15) is 5.41 Å². The first kappa shape index (κ1) is 16.2. The van der Waals surface area contributed by atoms with Crippen molar-refractivity contribution in [2.24, 2.45) is 16.1 Å². The van der Waals surface area contributed by atoms with Crippen LogP contribution in [-0.4, -0.2) is 30.6 Å². The number of nitrogens with two attached hydrogens (primary N) is 1. The lowest BCUT2D eigenvalue weighted by molar-refractivity contribution is -0.164. The summed E-state index contributed by atoms with van der Waals surface area (Å²) in [5, 5.41) is 3.06. The molecule has 1 atom stereocenters. The Morgan fingerprint density at radius 1 is 1.47 bits per heavy atom. The summed E-state index contributed by atoms with van der Waals surface area (Å²) in [4.78, 5) is 3.96. The van der Waals surface area contributed by atoms with Crippen molar-refractivity contribution in [2.45, 2.75) is 38.2 Å². The number of nitrogens with zero attached hydrogens (tertiary/aromatic N) is 1. The van der Waals surface area contributed by atoms with E-state index < -0.39 is 11.6 Å². The Morgan fingerprint density at radius 3 is 2.42 bits per heavy atom. The van der Waals surface area contributed by atoms with Gasteiger partial charge in [0, 0.05) is 17.6 Å². The van der Waals surface area contributed by atoms with Crippen LogP contribution in [-0.2, 0) is 0 Å². The Labute approximate surface area is 115 Å². The van der Waals surface area contributed by atoms with Gasteiger partial charge in [-0.3, -0.25) is 4.99 Å². The molecule has 1 unspecified atom stereocenters. The van der Waals surface area contributed by atoms with E-state index in [0.717, 1.165) is 11.9 Å². The maximum Gasteiger partial charge on any atom is 0.399 e. The highest BCUT2D eigenvalue weighted by Crippen LogP contribution is 2.56. The number of thioether (sulfide) groups is 1. The van der Waals surface area contributed by atoms with Crippen LogP contribution in [0.15, 0.2) is 16.4 Å². The second kappa shape index (κ2) is 6.07. The van der Waals surface area contributed by atoms with Gasteiger partial charge in [0.2, 0.25) is 0 Å². The SMILES string of the molecule is CSC(CN=CC1(C(F)(F)F)CC1)N/C(C)=C(/C)N. The Kier molecular flexibility index (Phi) is 5.18. The summed E-state index contributed by atoms with van der Waals surface area (Å²) >= 11 is 1.50. The van der Waals surface area contributed by atoms with Crippen LogP contribution in [0.2, 0.25) is 0 Å². The first-order valence-corrected chi connectivity index (χ1v) is 7.30. The van der Waals surface area contributed by atoms with Crippen molar-refractivity contribution in [3.05, 3.63) is 11.4 Å². The normalized spacial score (nSPS) is 21.2. The average molecular weight is 295 g/mol. The highest BCUT2D eigenvalue weighted by Gasteiger charge is 2.62. The van der Waals surface area contributed by atoms with Crippen molar-refractivity contribution >= 4 is 18.0 Å². The average Bonchev–Trinajstić information content (AvgIpc) is 3.07. The predicted octanol–water partition coefficient (Wildman–Crippen LogP) is 2.89. The van der Waals surface area contributed by atoms with Crippen LogP contribution in [0.4, 0.5) is 13.2 Å². The van der Waals surface area contributed by atoms with Crippen molar-refractivity contribution in [3.8, 4) is 0 Å². The van der Waals surface area contributed by atoms with E-state index in [1.165, 1.54) is 11.8 Å². The molecule has 19 heavy (non-hydrogen) atoms. The molecule has 1 aliphatic carbocycles. The van der Waals surface area contributed by atoms with Gasteiger partial charge in [-0.1, -0.05) is 0 Å². The molecule has 1 rings (SSSR count). The third kappa shape index (κ3) is 4.33. The minimum Gasteiger partial charge on any atom is -0.401 e. The van der Waals surface area contributed by atoms with Gasteiger partial charge in [-0.2, -0.15) is 13.2 Å². The highest BCUT2D eigenvalue weighted by molar-refractivity contribution is 7.99. The molecular formula is C12H20F3N3S. The fourth-order valence-electron chi connectivity index (χ4n) is 1.48. The second-order valence-corrected chi connectivity index (χ2v) is 5.87. The minimum atomic E-state index is -4.18. The molecule has 1 saturated carbocycles. The standard InChI is InChI=1S/C12H20F3N3S/c1-8(16)9(2)18-10(19-3)6-17-7-11(4-5-11)12(13,14)15/h7,10,18H,4-6,16H2,1-3H3/b9-8-,17-7?. The highest BCUT2D eigenvalue weighted by atomic mass is 32.2. The molecule has 0 aliphatic heterocycles. The van der Waals surface area contributed by atoms with Crippen LogP contribution in [0, 0.1) is 5.41 Å². The van der Waals surface area contributed by atoms with Crippen molar-refractivity contribution in [1.29, 1.82) is 0 Å². The zero-order valence-electron chi connectivity index (χ0n) is 11.3. The summed E-state index contributed by atoms with van der Waals surface area (Å²) in [7, 11) is 0. The van der Waals surface area contributed by atoms with E-state index in [1.807, 2.05) is 13.2 Å². The zero-order valence-corrected chi connectivity index (χ0v) is 12.2. The van der Waals surface area contributed by atoms with Gasteiger partial charge in [-0.25, -0.2) is 0 Å². The lowest BCUT2D eigenvalue weighted by Gasteiger charge is -2.18. The van der Waals surface area contributed by atoms with Gasteiger partial charge in [-0.05, 0) is 32.9 Å². The Balaban J connectivity index is 2.53. The summed E-state index contributed by atoms with van der Waals surface area (Å²) in [5.74, 6) is 0. The van der Waals surface area contributed by atoms with Gasteiger partial charge < -0.3 is 11.1 Å². The zero-order chi connectivity index (χ0) is 14.7. The smallest absolute Gasteiger partial charge is 0.399 e. The maximum atomic E-state index is 12.7. The van der Waals surface area contributed by atoms with Gasteiger partial charge in [0.25, 0.3) is 0 Å². The number of hydrogen-bond donors (Lipinski definition) is 2.